The van der Waals surface area contributed by atoms with Crippen LogP contribution in [0.1, 0.15) is 72.6 Å². The highest BCUT2D eigenvalue weighted by Crippen LogP contribution is 2.32. The lowest BCUT2D eigenvalue weighted by Gasteiger charge is -2.30. The van der Waals surface area contributed by atoms with Gasteiger partial charge in [-0.1, -0.05) is 13.8 Å². The van der Waals surface area contributed by atoms with Crippen molar-refractivity contribution in [2.24, 2.45) is 11.8 Å². The number of H-pyrrole nitrogens is 1. The number of aromatic amines is 1. The zero-order valence-electron chi connectivity index (χ0n) is 16.6. The van der Waals surface area contributed by atoms with Gasteiger partial charge in [-0.2, -0.15) is 0 Å². The van der Waals surface area contributed by atoms with Gasteiger partial charge in [-0.15, -0.1) is 0 Å². The lowest BCUT2D eigenvalue weighted by atomic mass is 9.98. The first-order valence-corrected chi connectivity index (χ1v) is 9.39. The number of hydrogen-bond acceptors (Lipinski definition) is 4. The minimum absolute atomic E-state index is 0.0625. The van der Waals surface area contributed by atoms with Gasteiger partial charge in [-0.05, 0) is 52.0 Å². The molecular weight excluding hydrogens is 332 g/mol. The third kappa shape index (κ3) is 4.17. The van der Waals surface area contributed by atoms with Crippen molar-refractivity contribution in [3.63, 3.8) is 0 Å². The van der Waals surface area contributed by atoms with Gasteiger partial charge in [0, 0.05) is 23.7 Å². The van der Waals surface area contributed by atoms with Crippen molar-refractivity contribution < 1.29 is 19.1 Å². The van der Waals surface area contributed by atoms with Crippen molar-refractivity contribution in [1.82, 2.24) is 9.88 Å². The molecule has 0 spiro atoms. The number of aryl methyl sites for hydroxylation is 1. The van der Waals surface area contributed by atoms with Crippen LogP contribution in [0.2, 0.25) is 0 Å². The first-order valence-electron chi connectivity index (χ1n) is 9.39. The molecule has 1 fully saturated rings. The van der Waals surface area contributed by atoms with Crippen molar-refractivity contribution >= 4 is 17.7 Å². The molecule has 1 aliphatic carbocycles. The van der Waals surface area contributed by atoms with E-state index in [1.165, 1.54) is 0 Å². The van der Waals surface area contributed by atoms with Gasteiger partial charge in [0.1, 0.15) is 5.69 Å². The maximum atomic E-state index is 13.2. The average molecular weight is 362 g/mol. The minimum atomic E-state index is -0.561. The number of nitrogens with zero attached hydrogens (tertiary/aromatic N) is 1. The van der Waals surface area contributed by atoms with Gasteiger partial charge in [-0.3, -0.25) is 9.59 Å². The molecule has 1 aromatic heterocycles. The summed E-state index contributed by atoms with van der Waals surface area (Å²) in [6.07, 6.45) is 1.81. The number of amides is 1. The molecule has 0 bridgehead atoms. The van der Waals surface area contributed by atoms with Gasteiger partial charge in [0.2, 0.25) is 5.91 Å². The Morgan fingerprint density at radius 1 is 1.19 bits per heavy atom. The number of rotatable bonds is 8. The topological polar surface area (TPSA) is 79.5 Å². The molecule has 1 atom stereocenters. The van der Waals surface area contributed by atoms with E-state index in [0.29, 0.717) is 29.1 Å². The van der Waals surface area contributed by atoms with Crippen LogP contribution in [0.15, 0.2) is 0 Å². The summed E-state index contributed by atoms with van der Waals surface area (Å²) in [4.78, 5) is 42.6. The van der Waals surface area contributed by atoms with E-state index >= 15 is 0 Å². The van der Waals surface area contributed by atoms with E-state index in [1.54, 1.807) is 32.6 Å². The Bertz CT molecular complexity index is 701. The third-order valence-electron chi connectivity index (χ3n) is 4.78. The third-order valence-corrected chi connectivity index (χ3v) is 4.78. The van der Waals surface area contributed by atoms with E-state index in [9.17, 15) is 14.4 Å². The summed E-state index contributed by atoms with van der Waals surface area (Å²) < 4.78 is 5.05. The van der Waals surface area contributed by atoms with Gasteiger partial charge in [0.05, 0.1) is 12.6 Å². The normalized spacial score (nSPS) is 15.0. The molecule has 0 aromatic carbocycles. The van der Waals surface area contributed by atoms with Crippen molar-refractivity contribution in [1.29, 1.82) is 0 Å². The lowest BCUT2D eigenvalue weighted by molar-refractivity contribution is -0.134. The summed E-state index contributed by atoms with van der Waals surface area (Å²) in [6.45, 7) is 11.9. The second-order valence-electron chi connectivity index (χ2n) is 7.54. The van der Waals surface area contributed by atoms with E-state index in [1.807, 2.05) is 13.8 Å². The molecule has 1 N–H and O–H groups in total. The van der Waals surface area contributed by atoms with E-state index in [2.05, 4.69) is 4.98 Å². The van der Waals surface area contributed by atoms with Crippen LogP contribution in [0.3, 0.4) is 0 Å². The maximum Gasteiger partial charge on any atom is 0.355 e. The summed E-state index contributed by atoms with van der Waals surface area (Å²) in [6, 6.07) is -0.561. The van der Waals surface area contributed by atoms with Gasteiger partial charge in [0.25, 0.3) is 0 Å². The maximum absolute atomic E-state index is 13.2. The van der Waals surface area contributed by atoms with Crippen LogP contribution < -0.4 is 0 Å². The molecule has 2 rings (SSSR count). The molecule has 1 saturated carbocycles. The molecule has 0 unspecified atom stereocenters. The number of Topliss-reactive ketones (excluding diaryl/α,β-unsaturated/α-hetero) is 1. The standard InChI is InChI=1S/C20H30N2O4/c1-7-26-20(25)17-12(4)16(13(5)21-17)18(23)14(6)22(10-11(2)3)19(24)15-8-9-15/h11,14-15,21H,7-10H2,1-6H3/t14-/m1/s1. The van der Waals surface area contributed by atoms with Crippen LogP contribution in [0.25, 0.3) is 0 Å². The summed E-state index contributed by atoms with van der Waals surface area (Å²) in [5, 5.41) is 0. The molecule has 0 saturated heterocycles. The first-order chi connectivity index (χ1) is 12.2. The smallest absolute Gasteiger partial charge is 0.355 e. The average Bonchev–Trinajstić information content (AvgIpc) is 3.37. The number of nitrogens with one attached hydrogen (secondary N) is 1. The second-order valence-corrected chi connectivity index (χ2v) is 7.54. The fourth-order valence-electron chi connectivity index (χ4n) is 3.27. The van der Waals surface area contributed by atoms with Crippen molar-refractivity contribution in [2.45, 2.75) is 60.4 Å². The second kappa shape index (κ2) is 8.06. The Labute approximate surface area is 155 Å². The zero-order chi connectivity index (χ0) is 19.6. The molecule has 144 valence electrons. The summed E-state index contributed by atoms with van der Waals surface area (Å²) >= 11 is 0. The van der Waals surface area contributed by atoms with E-state index < -0.39 is 12.0 Å². The highest BCUT2D eigenvalue weighted by molar-refractivity contribution is 6.06. The molecule has 26 heavy (non-hydrogen) atoms. The minimum Gasteiger partial charge on any atom is -0.461 e. The number of carbonyl (C=O) groups is 3. The number of hydrogen-bond donors (Lipinski definition) is 1. The van der Waals surface area contributed by atoms with Crippen LogP contribution in [0.4, 0.5) is 0 Å². The Hall–Kier alpha value is -2.11. The van der Waals surface area contributed by atoms with Gasteiger partial charge in [-0.25, -0.2) is 4.79 Å². The molecule has 1 aliphatic rings. The SMILES string of the molecule is CCOC(=O)c1[nH]c(C)c(C(=O)[C@@H](C)N(CC(C)C)C(=O)C2CC2)c1C. The number of esters is 1. The fourth-order valence-corrected chi connectivity index (χ4v) is 3.27. The first kappa shape index (κ1) is 20.2. The Morgan fingerprint density at radius 2 is 1.81 bits per heavy atom. The Balaban J connectivity index is 2.30. The van der Waals surface area contributed by atoms with Crippen LogP contribution in [0, 0.1) is 25.7 Å². The van der Waals surface area contributed by atoms with Crippen molar-refractivity contribution in [2.75, 3.05) is 13.2 Å². The van der Waals surface area contributed by atoms with Crippen molar-refractivity contribution in [3.8, 4) is 0 Å². The van der Waals surface area contributed by atoms with Crippen LogP contribution in [-0.2, 0) is 9.53 Å². The molecule has 1 aromatic rings. The number of aromatic nitrogens is 1. The van der Waals surface area contributed by atoms with Gasteiger partial charge in [0.15, 0.2) is 5.78 Å². The van der Waals surface area contributed by atoms with Crippen LogP contribution in [-0.4, -0.2) is 46.7 Å². The highest BCUT2D eigenvalue weighted by Gasteiger charge is 2.38. The number of ketones is 1. The molecular formula is C20H30N2O4. The van der Waals surface area contributed by atoms with Gasteiger partial charge < -0.3 is 14.6 Å². The predicted octanol–water partition coefficient (Wildman–Crippen LogP) is 3.27. The largest absolute Gasteiger partial charge is 0.461 e. The summed E-state index contributed by atoms with van der Waals surface area (Å²) in [5.74, 6) is -0.200. The monoisotopic (exact) mass is 362 g/mol. The van der Waals surface area contributed by atoms with Crippen LogP contribution >= 0.6 is 0 Å². The Kier molecular flexibility index (Phi) is 6.26. The number of ether oxygens (including phenoxy) is 1. The predicted molar refractivity (Wildman–Crippen MR) is 99.3 cm³/mol. The van der Waals surface area contributed by atoms with Crippen molar-refractivity contribution in [3.05, 3.63) is 22.5 Å². The van der Waals surface area contributed by atoms with Crippen LogP contribution in [0.5, 0.6) is 0 Å². The molecule has 0 radical (unpaired) electrons. The fraction of sp³-hybridized carbons (Fsp3) is 0.650. The zero-order valence-corrected chi connectivity index (χ0v) is 16.6. The Morgan fingerprint density at radius 3 is 2.31 bits per heavy atom. The molecule has 6 nitrogen and oxygen atoms in total. The lowest BCUT2D eigenvalue weighted by Crippen LogP contribution is -2.46. The highest BCUT2D eigenvalue weighted by atomic mass is 16.5. The molecule has 1 heterocycles. The molecule has 0 aliphatic heterocycles. The van der Waals surface area contributed by atoms with E-state index in [-0.39, 0.29) is 30.1 Å². The molecule has 6 heteroatoms. The summed E-state index contributed by atoms with van der Waals surface area (Å²) in [7, 11) is 0. The molecule has 1 amide bonds. The van der Waals surface area contributed by atoms with Gasteiger partial charge >= 0.3 is 5.97 Å². The number of carbonyl (C=O) groups excluding carboxylic acids is 3. The summed E-state index contributed by atoms with van der Waals surface area (Å²) in [5.41, 5.74) is 2.01. The quantitative estimate of drug-likeness (QED) is 0.568. The van der Waals surface area contributed by atoms with E-state index in [0.717, 1.165) is 12.8 Å². The van der Waals surface area contributed by atoms with E-state index in [4.69, 9.17) is 4.74 Å².